The maximum atomic E-state index is 5.32. The first-order valence-corrected chi connectivity index (χ1v) is 4.36. The molecule has 54 valence electrons. The summed E-state index contributed by atoms with van der Waals surface area (Å²) in [4.78, 5) is 0. The number of alkyl halides is 1. The van der Waals surface area contributed by atoms with E-state index in [-0.39, 0.29) is 0 Å². The van der Waals surface area contributed by atoms with E-state index in [0.717, 1.165) is 19.4 Å². The van der Waals surface area contributed by atoms with Gasteiger partial charge in [0.25, 0.3) is 0 Å². The van der Waals surface area contributed by atoms with Crippen molar-refractivity contribution in [1.29, 1.82) is 0 Å². The molecule has 0 N–H and O–H groups in total. The zero-order valence-electron chi connectivity index (χ0n) is 5.47. The number of methoxy groups -OCH3 is 1. The van der Waals surface area contributed by atoms with Crippen molar-refractivity contribution in [2.75, 3.05) is 13.7 Å². The van der Waals surface area contributed by atoms with E-state index in [1.807, 2.05) is 0 Å². The van der Waals surface area contributed by atoms with Crippen LogP contribution >= 0.6 is 22.6 Å². The first kappa shape index (κ1) is 7.75. The average Bonchev–Trinajstić information content (AvgIpc) is 1.88. The quantitative estimate of drug-likeness (QED) is 0.513. The molecule has 0 aromatic heterocycles. The molecule has 0 amide bonds. The summed E-state index contributed by atoms with van der Waals surface area (Å²) in [6.45, 7) is 0.853. The molecule has 1 saturated heterocycles. The molecule has 0 unspecified atom stereocenters. The molecule has 0 saturated carbocycles. The van der Waals surface area contributed by atoms with Crippen molar-refractivity contribution in [3.63, 3.8) is 0 Å². The average molecular weight is 242 g/mol. The second-order valence-electron chi connectivity index (χ2n) is 2.16. The lowest BCUT2D eigenvalue weighted by atomic mass is 10.2. The molecule has 2 nitrogen and oxygen atoms in total. The standard InChI is InChI=1S/C6H11IO2/c1-8-5-2-3-9-6(7)4-5/h5-6H,2-4H2,1H3/t5-,6+/m1/s1. The first-order valence-electron chi connectivity index (χ1n) is 3.11. The highest BCUT2D eigenvalue weighted by molar-refractivity contribution is 14.1. The van der Waals surface area contributed by atoms with Crippen molar-refractivity contribution in [1.82, 2.24) is 0 Å². The fourth-order valence-corrected chi connectivity index (χ4v) is 1.76. The highest BCUT2D eigenvalue weighted by atomic mass is 127. The van der Waals surface area contributed by atoms with Gasteiger partial charge in [-0.2, -0.15) is 0 Å². The van der Waals surface area contributed by atoms with E-state index in [4.69, 9.17) is 9.47 Å². The lowest BCUT2D eigenvalue weighted by Crippen LogP contribution is -2.26. The van der Waals surface area contributed by atoms with Crippen molar-refractivity contribution in [3.05, 3.63) is 0 Å². The number of halogens is 1. The summed E-state index contributed by atoms with van der Waals surface area (Å²) in [5.41, 5.74) is 0. The van der Waals surface area contributed by atoms with Crippen LogP contribution in [0.25, 0.3) is 0 Å². The summed E-state index contributed by atoms with van der Waals surface area (Å²) in [6.07, 6.45) is 2.52. The Bertz CT molecular complexity index is 87.1. The first-order chi connectivity index (χ1) is 4.33. The van der Waals surface area contributed by atoms with Gasteiger partial charge in [-0.1, -0.05) is 22.6 Å². The maximum absolute atomic E-state index is 5.32. The molecule has 0 aliphatic carbocycles. The molecule has 0 spiro atoms. The zero-order valence-corrected chi connectivity index (χ0v) is 7.63. The van der Waals surface area contributed by atoms with Crippen molar-refractivity contribution in [2.24, 2.45) is 0 Å². The van der Waals surface area contributed by atoms with E-state index in [9.17, 15) is 0 Å². The topological polar surface area (TPSA) is 18.5 Å². The minimum atomic E-state index is 0.362. The molecule has 0 aromatic rings. The molecule has 9 heavy (non-hydrogen) atoms. The molecule has 3 heteroatoms. The summed E-state index contributed by atoms with van der Waals surface area (Å²) in [5, 5.41) is 0. The third-order valence-corrected chi connectivity index (χ3v) is 2.39. The van der Waals surface area contributed by atoms with Gasteiger partial charge in [0.05, 0.1) is 12.7 Å². The molecule has 2 atom stereocenters. The van der Waals surface area contributed by atoms with Gasteiger partial charge >= 0.3 is 0 Å². The summed E-state index contributed by atoms with van der Waals surface area (Å²) >= 11 is 2.29. The SMILES string of the molecule is CO[C@@H]1CCO[C@H](I)C1. The van der Waals surface area contributed by atoms with Crippen molar-refractivity contribution in [3.8, 4) is 0 Å². The minimum absolute atomic E-state index is 0.362. The van der Waals surface area contributed by atoms with Crippen molar-refractivity contribution in [2.45, 2.75) is 23.1 Å². The van der Waals surface area contributed by atoms with E-state index in [2.05, 4.69) is 22.6 Å². The maximum Gasteiger partial charge on any atom is 0.111 e. The largest absolute Gasteiger partial charge is 0.381 e. The van der Waals surface area contributed by atoms with Crippen LogP contribution in [0.15, 0.2) is 0 Å². The number of hydrogen-bond acceptors (Lipinski definition) is 2. The van der Waals surface area contributed by atoms with Gasteiger partial charge < -0.3 is 9.47 Å². The van der Waals surface area contributed by atoms with Gasteiger partial charge in [0, 0.05) is 13.5 Å². The lowest BCUT2D eigenvalue weighted by Gasteiger charge is -2.24. The second kappa shape index (κ2) is 3.73. The fraction of sp³-hybridized carbons (Fsp3) is 1.00. The lowest BCUT2D eigenvalue weighted by molar-refractivity contribution is -0.0176. The van der Waals surface area contributed by atoms with Gasteiger partial charge in [-0.05, 0) is 6.42 Å². The minimum Gasteiger partial charge on any atom is -0.381 e. The van der Waals surface area contributed by atoms with E-state index in [0.29, 0.717) is 10.2 Å². The van der Waals surface area contributed by atoms with Crippen LogP contribution in [-0.4, -0.2) is 23.9 Å². The molecular weight excluding hydrogens is 231 g/mol. The Morgan fingerprint density at radius 2 is 2.44 bits per heavy atom. The fourth-order valence-electron chi connectivity index (χ4n) is 0.934. The highest BCUT2D eigenvalue weighted by Gasteiger charge is 2.18. The van der Waals surface area contributed by atoms with Crippen LogP contribution in [0, 0.1) is 0 Å². The summed E-state index contributed by atoms with van der Waals surface area (Å²) in [6, 6.07) is 0. The number of ether oxygens (including phenoxy) is 2. The molecular formula is C6H11IO2. The van der Waals surface area contributed by atoms with Crippen LogP contribution in [0.5, 0.6) is 0 Å². The van der Waals surface area contributed by atoms with Gasteiger partial charge in [-0.25, -0.2) is 0 Å². The highest BCUT2D eigenvalue weighted by Crippen LogP contribution is 2.20. The van der Waals surface area contributed by atoms with Gasteiger partial charge in [0.1, 0.15) is 4.11 Å². The normalized spacial score (nSPS) is 36.7. The van der Waals surface area contributed by atoms with E-state index >= 15 is 0 Å². The predicted molar refractivity (Wildman–Crippen MR) is 43.8 cm³/mol. The Labute approximate surface area is 69.0 Å². The third-order valence-electron chi connectivity index (χ3n) is 1.52. The summed E-state index contributed by atoms with van der Waals surface area (Å²) in [7, 11) is 1.76. The van der Waals surface area contributed by atoms with Crippen LogP contribution in [-0.2, 0) is 9.47 Å². The van der Waals surface area contributed by atoms with E-state index in [1.165, 1.54) is 0 Å². The Morgan fingerprint density at radius 3 is 2.89 bits per heavy atom. The smallest absolute Gasteiger partial charge is 0.111 e. The Morgan fingerprint density at radius 1 is 1.67 bits per heavy atom. The van der Waals surface area contributed by atoms with Crippen LogP contribution < -0.4 is 0 Å². The second-order valence-corrected chi connectivity index (χ2v) is 3.55. The van der Waals surface area contributed by atoms with Crippen LogP contribution in [0.1, 0.15) is 12.8 Å². The Hall–Kier alpha value is 0.650. The Balaban J connectivity index is 2.23. The van der Waals surface area contributed by atoms with E-state index in [1.54, 1.807) is 7.11 Å². The predicted octanol–water partition coefficient (Wildman–Crippen LogP) is 1.57. The molecule has 1 heterocycles. The van der Waals surface area contributed by atoms with Gasteiger partial charge in [0.2, 0.25) is 0 Å². The molecule has 0 aromatic carbocycles. The molecule has 1 rings (SSSR count). The van der Waals surface area contributed by atoms with Crippen molar-refractivity contribution >= 4 is 22.6 Å². The zero-order chi connectivity index (χ0) is 6.69. The van der Waals surface area contributed by atoms with Gasteiger partial charge in [0.15, 0.2) is 0 Å². The molecule has 1 aliphatic heterocycles. The Kier molecular flexibility index (Phi) is 3.21. The van der Waals surface area contributed by atoms with Gasteiger partial charge in [-0.3, -0.25) is 0 Å². The molecule has 1 fully saturated rings. The molecule has 0 radical (unpaired) electrons. The molecule has 1 aliphatic rings. The van der Waals surface area contributed by atoms with Crippen molar-refractivity contribution < 1.29 is 9.47 Å². The monoisotopic (exact) mass is 242 g/mol. The van der Waals surface area contributed by atoms with Crippen LogP contribution in [0.3, 0.4) is 0 Å². The van der Waals surface area contributed by atoms with E-state index < -0.39 is 0 Å². The third kappa shape index (κ3) is 2.39. The van der Waals surface area contributed by atoms with Crippen LogP contribution in [0.4, 0.5) is 0 Å². The number of rotatable bonds is 1. The summed E-state index contributed by atoms with van der Waals surface area (Å²) in [5.74, 6) is 0. The van der Waals surface area contributed by atoms with Crippen LogP contribution in [0.2, 0.25) is 0 Å². The summed E-state index contributed by atoms with van der Waals surface area (Å²) < 4.78 is 10.9. The van der Waals surface area contributed by atoms with Gasteiger partial charge in [-0.15, -0.1) is 0 Å². The number of hydrogen-bond donors (Lipinski definition) is 0. The molecule has 0 bridgehead atoms.